The summed E-state index contributed by atoms with van der Waals surface area (Å²) in [5.41, 5.74) is 5.47. The Morgan fingerprint density at radius 1 is 1.19 bits per heavy atom. The second-order valence-corrected chi connectivity index (χ2v) is 5.74. The highest BCUT2D eigenvalue weighted by Gasteiger charge is 2.26. The molecule has 0 saturated carbocycles. The van der Waals surface area contributed by atoms with Crippen LogP contribution >= 0.6 is 0 Å². The van der Waals surface area contributed by atoms with E-state index in [1.807, 2.05) is 18.7 Å². The number of carbonyl (C=O) groups is 2. The summed E-state index contributed by atoms with van der Waals surface area (Å²) in [4.78, 5) is 27.8. The number of rotatable bonds is 4. The fourth-order valence-corrected chi connectivity index (χ4v) is 2.40. The molecule has 2 heterocycles. The Hall–Kier alpha value is -1.82. The first kappa shape index (κ1) is 15.6. The van der Waals surface area contributed by atoms with E-state index in [-0.39, 0.29) is 18.4 Å². The number of nitrogens with zero attached hydrogens (tertiary/aromatic N) is 2. The number of amides is 2. The SMILES string of the molecule is CC(C)CC(=O)N1CCN(C(=O)c2ccc(CN)o2)CC1. The molecular weight excluding hydrogens is 270 g/mol. The van der Waals surface area contributed by atoms with E-state index in [9.17, 15) is 9.59 Å². The van der Waals surface area contributed by atoms with Gasteiger partial charge in [0.05, 0.1) is 6.54 Å². The lowest BCUT2D eigenvalue weighted by Crippen LogP contribution is -2.50. The number of hydrogen-bond donors (Lipinski definition) is 1. The van der Waals surface area contributed by atoms with Crippen LogP contribution in [-0.2, 0) is 11.3 Å². The normalized spacial score (nSPS) is 15.6. The van der Waals surface area contributed by atoms with Crippen LogP contribution in [0.15, 0.2) is 16.5 Å². The van der Waals surface area contributed by atoms with E-state index in [0.29, 0.717) is 50.0 Å². The molecule has 1 aliphatic heterocycles. The Morgan fingerprint density at radius 3 is 2.33 bits per heavy atom. The van der Waals surface area contributed by atoms with E-state index >= 15 is 0 Å². The third-order valence-corrected chi connectivity index (χ3v) is 3.58. The Labute approximate surface area is 124 Å². The van der Waals surface area contributed by atoms with Crippen LogP contribution in [0.5, 0.6) is 0 Å². The molecule has 1 saturated heterocycles. The number of hydrogen-bond acceptors (Lipinski definition) is 4. The van der Waals surface area contributed by atoms with Crippen molar-refractivity contribution in [3.05, 3.63) is 23.7 Å². The molecule has 1 aromatic heterocycles. The Balaban J connectivity index is 1.88. The van der Waals surface area contributed by atoms with Gasteiger partial charge < -0.3 is 20.0 Å². The van der Waals surface area contributed by atoms with E-state index in [0.717, 1.165) is 0 Å². The molecule has 0 aromatic carbocycles. The minimum absolute atomic E-state index is 0.134. The number of nitrogens with two attached hydrogens (primary N) is 1. The minimum Gasteiger partial charge on any atom is -0.455 e. The maximum absolute atomic E-state index is 12.3. The van der Waals surface area contributed by atoms with E-state index in [1.54, 1.807) is 17.0 Å². The molecule has 1 aromatic rings. The number of furan rings is 1. The molecule has 0 bridgehead atoms. The van der Waals surface area contributed by atoms with Crippen LogP contribution in [0.2, 0.25) is 0 Å². The quantitative estimate of drug-likeness (QED) is 0.900. The van der Waals surface area contributed by atoms with Crippen molar-refractivity contribution in [3.8, 4) is 0 Å². The highest BCUT2D eigenvalue weighted by Crippen LogP contribution is 2.13. The second kappa shape index (κ2) is 6.76. The van der Waals surface area contributed by atoms with Crippen LogP contribution < -0.4 is 5.73 Å². The van der Waals surface area contributed by atoms with Gasteiger partial charge in [-0.3, -0.25) is 9.59 Å². The summed E-state index contributed by atoms with van der Waals surface area (Å²) in [6.45, 7) is 6.60. The van der Waals surface area contributed by atoms with Crippen LogP contribution in [0.3, 0.4) is 0 Å². The summed E-state index contributed by atoms with van der Waals surface area (Å²) in [6, 6.07) is 3.37. The first-order valence-corrected chi connectivity index (χ1v) is 7.37. The van der Waals surface area contributed by atoms with Crippen molar-refractivity contribution in [3.63, 3.8) is 0 Å². The van der Waals surface area contributed by atoms with Gasteiger partial charge in [-0.25, -0.2) is 0 Å². The van der Waals surface area contributed by atoms with Crippen LogP contribution in [-0.4, -0.2) is 47.8 Å². The van der Waals surface area contributed by atoms with E-state index in [4.69, 9.17) is 10.2 Å². The predicted molar refractivity (Wildman–Crippen MR) is 78.5 cm³/mol. The average Bonchev–Trinajstić information content (AvgIpc) is 2.95. The van der Waals surface area contributed by atoms with E-state index < -0.39 is 0 Å². The summed E-state index contributed by atoms with van der Waals surface area (Å²) in [7, 11) is 0. The molecule has 6 nitrogen and oxygen atoms in total. The fraction of sp³-hybridized carbons (Fsp3) is 0.600. The molecule has 6 heteroatoms. The molecule has 2 rings (SSSR count). The second-order valence-electron chi connectivity index (χ2n) is 5.74. The monoisotopic (exact) mass is 293 g/mol. The maximum Gasteiger partial charge on any atom is 0.289 e. The molecule has 1 fully saturated rings. The summed E-state index contributed by atoms with van der Waals surface area (Å²) in [5, 5.41) is 0. The Bertz CT molecular complexity index is 502. The third-order valence-electron chi connectivity index (χ3n) is 3.58. The summed E-state index contributed by atoms with van der Waals surface area (Å²) in [6.07, 6.45) is 0.561. The third kappa shape index (κ3) is 3.85. The molecule has 21 heavy (non-hydrogen) atoms. The molecule has 116 valence electrons. The first-order chi connectivity index (χ1) is 10.0. The summed E-state index contributed by atoms with van der Waals surface area (Å²) >= 11 is 0. The molecule has 0 radical (unpaired) electrons. The number of carbonyl (C=O) groups excluding carboxylic acids is 2. The van der Waals surface area contributed by atoms with Crippen molar-refractivity contribution in [1.29, 1.82) is 0 Å². The lowest BCUT2D eigenvalue weighted by Gasteiger charge is -2.34. The molecular formula is C15H23N3O3. The van der Waals surface area contributed by atoms with Crippen molar-refractivity contribution in [1.82, 2.24) is 9.80 Å². The minimum atomic E-state index is -0.134. The zero-order chi connectivity index (χ0) is 15.4. The topological polar surface area (TPSA) is 79.8 Å². The Morgan fingerprint density at radius 2 is 1.81 bits per heavy atom. The van der Waals surface area contributed by atoms with Gasteiger partial charge in [0.1, 0.15) is 5.76 Å². The van der Waals surface area contributed by atoms with Crippen molar-refractivity contribution in [2.24, 2.45) is 11.7 Å². The predicted octanol–water partition coefficient (Wildman–Crippen LogP) is 1.07. The van der Waals surface area contributed by atoms with Crippen molar-refractivity contribution in [2.75, 3.05) is 26.2 Å². The first-order valence-electron chi connectivity index (χ1n) is 7.37. The maximum atomic E-state index is 12.3. The van der Waals surface area contributed by atoms with Crippen LogP contribution in [0.25, 0.3) is 0 Å². The van der Waals surface area contributed by atoms with Crippen LogP contribution in [0, 0.1) is 5.92 Å². The van der Waals surface area contributed by atoms with Crippen molar-refractivity contribution >= 4 is 11.8 Å². The van der Waals surface area contributed by atoms with E-state index in [2.05, 4.69) is 0 Å². The zero-order valence-corrected chi connectivity index (χ0v) is 12.7. The van der Waals surface area contributed by atoms with Gasteiger partial charge in [-0.1, -0.05) is 13.8 Å². The lowest BCUT2D eigenvalue weighted by atomic mass is 10.1. The van der Waals surface area contributed by atoms with Gasteiger partial charge in [0.15, 0.2) is 5.76 Å². The van der Waals surface area contributed by atoms with Gasteiger partial charge in [0.2, 0.25) is 5.91 Å². The highest BCUT2D eigenvalue weighted by atomic mass is 16.4. The van der Waals surface area contributed by atoms with Gasteiger partial charge in [-0.15, -0.1) is 0 Å². The van der Waals surface area contributed by atoms with Gasteiger partial charge in [0, 0.05) is 32.6 Å². The van der Waals surface area contributed by atoms with E-state index in [1.165, 1.54) is 0 Å². The van der Waals surface area contributed by atoms with Crippen LogP contribution in [0.1, 0.15) is 36.6 Å². The standard InChI is InChI=1S/C15H23N3O3/c1-11(2)9-14(19)17-5-7-18(8-6-17)15(20)13-4-3-12(10-16)21-13/h3-4,11H,5-10,16H2,1-2H3. The fourth-order valence-electron chi connectivity index (χ4n) is 2.40. The molecule has 0 unspecified atom stereocenters. The smallest absolute Gasteiger partial charge is 0.289 e. The molecule has 0 spiro atoms. The van der Waals surface area contributed by atoms with Gasteiger partial charge in [-0.2, -0.15) is 0 Å². The van der Waals surface area contributed by atoms with Gasteiger partial charge in [0.25, 0.3) is 5.91 Å². The van der Waals surface area contributed by atoms with Gasteiger partial charge in [-0.05, 0) is 18.1 Å². The van der Waals surface area contributed by atoms with Crippen LogP contribution in [0.4, 0.5) is 0 Å². The molecule has 2 N–H and O–H groups in total. The van der Waals surface area contributed by atoms with Crippen molar-refractivity contribution < 1.29 is 14.0 Å². The van der Waals surface area contributed by atoms with Gasteiger partial charge >= 0.3 is 0 Å². The van der Waals surface area contributed by atoms with Crippen molar-refractivity contribution in [2.45, 2.75) is 26.8 Å². The highest BCUT2D eigenvalue weighted by molar-refractivity contribution is 5.91. The molecule has 0 aliphatic carbocycles. The largest absolute Gasteiger partial charge is 0.455 e. The summed E-state index contributed by atoms with van der Waals surface area (Å²) < 4.78 is 5.38. The molecule has 2 amide bonds. The zero-order valence-electron chi connectivity index (χ0n) is 12.7. The Kier molecular flexibility index (Phi) is 5.01. The lowest BCUT2D eigenvalue weighted by molar-refractivity contribution is -0.133. The number of piperazine rings is 1. The average molecular weight is 293 g/mol. The molecule has 1 aliphatic rings. The molecule has 0 atom stereocenters. The summed E-state index contributed by atoms with van der Waals surface area (Å²) in [5.74, 6) is 1.31.